The van der Waals surface area contributed by atoms with Crippen molar-refractivity contribution >= 4 is 5.97 Å². The summed E-state index contributed by atoms with van der Waals surface area (Å²) < 4.78 is 10.7. The lowest BCUT2D eigenvalue weighted by atomic mass is 10.2. The molecule has 0 saturated carbocycles. The van der Waals surface area contributed by atoms with Crippen molar-refractivity contribution in [1.29, 1.82) is 0 Å². The Balaban J connectivity index is 1.97. The summed E-state index contributed by atoms with van der Waals surface area (Å²) in [7, 11) is 0. The average Bonchev–Trinajstić information content (AvgIpc) is 2.59. The van der Waals surface area contributed by atoms with Crippen LogP contribution in [0.1, 0.15) is 39.5 Å². The largest absolute Gasteiger partial charge is 0.490 e. The van der Waals surface area contributed by atoms with Gasteiger partial charge in [0.2, 0.25) is 0 Å². The van der Waals surface area contributed by atoms with Gasteiger partial charge in [-0.15, -0.1) is 0 Å². The molecule has 122 valence electrons. The summed E-state index contributed by atoms with van der Waals surface area (Å²) in [6.45, 7) is 4.74. The highest BCUT2D eigenvalue weighted by molar-refractivity contribution is 5.72. The Hall–Kier alpha value is -2.43. The van der Waals surface area contributed by atoms with Gasteiger partial charge in [0.05, 0.1) is 19.0 Å². The number of carbonyl (C=O) groups excluding carboxylic acids is 1. The van der Waals surface area contributed by atoms with Crippen LogP contribution in [0.2, 0.25) is 0 Å². The highest BCUT2D eigenvalue weighted by Gasteiger charge is 2.06. The Morgan fingerprint density at radius 1 is 1.00 bits per heavy atom. The van der Waals surface area contributed by atoms with E-state index in [4.69, 9.17) is 9.47 Å². The molecule has 1 aromatic carbocycles. The van der Waals surface area contributed by atoms with E-state index in [-0.39, 0.29) is 5.97 Å². The van der Waals surface area contributed by atoms with Crippen LogP contribution in [0.5, 0.6) is 11.5 Å². The highest BCUT2D eigenvalue weighted by atomic mass is 16.5. The maximum absolute atomic E-state index is 11.6. The van der Waals surface area contributed by atoms with Crippen LogP contribution >= 0.6 is 0 Å². The Morgan fingerprint density at radius 2 is 1.70 bits per heavy atom. The molecule has 0 bridgehead atoms. The number of ether oxygens (including phenoxy) is 2. The summed E-state index contributed by atoms with van der Waals surface area (Å²) in [6, 6.07) is 7.18. The Bertz CT molecular complexity index is 609. The molecule has 2 aromatic rings. The number of nitrogens with zero attached hydrogens (tertiary/aromatic N) is 2. The SMILES string of the molecule is CCCCC(=O)Oc1ccc(-c2ncc(OCCC)cn2)cc1. The second-order valence-corrected chi connectivity index (χ2v) is 5.19. The zero-order valence-corrected chi connectivity index (χ0v) is 13.6. The summed E-state index contributed by atoms with van der Waals surface area (Å²) in [5.41, 5.74) is 0.861. The molecule has 0 spiro atoms. The van der Waals surface area contributed by atoms with Crippen LogP contribution in [0.3, 0.4) is 0 Å². The van der Waals surface area contributed by atoms with E-state index in [1.807, 2.05) is 26.0 Å². The third-order valence-corrected chi connectivity index (χ3v) is 3.18. The fourth-order valence-corrected chi connectivity index (χ4v) is 1.94. The molecule has 1 aromatic heterocycles. The van der Waals surface area contributed by atoms with E-state index < -0.39 is 0 Å². The lowest BCUT2D eigenvalue weighted by Gasteiger charge is -2.06. The van der Waals surface area contributed by atoms with Crippen LogP contribution in [0.4, 0.5) is 0 Å². The average molecular weight is 314 g/mol. The van der Waals surface area contributed by atoms with Gasteiger partial charge in [0.15, 0.2) is 11.6 Å². The first kappa shape index (κ1) is 16.9. The zero-order chi connectivity index (χ0) is 16.5. The summed E-state index contributed by atoms with van der Waals surface area (Å²) >= 11 is 0. The molecular weight excluding hydrogens is 292 g/mol. The predicted molar refractivity (Wildman–Crippen MR) is 88.4 cm³/mol. The van der Waals surface area contributed by atoms with Crippen molar-refractivity contribution < 1.29 is 14.3 Å². The van der Waals surface area contributed by atoms with Crippen molar-refractivity contribution in [3.8, 4) is 22.9 Å². The van der Waals surface area contributed by atoms with E-state index in [1.165, 1.54) is 0 Å². The number of unbranched alkanes of at least 4 members (excludes halogenated alkanes) is 1. The Labute approximate surface area is 136 Å². The van der Waals surface area contributed by atoms with Crippen molar-refractivity contribution in [2.24, 2.45) is 0 Å². The van der Waals surface area contributed by atoms with Gasteiger partial charge < -0.3 is 9.47 Å². The number of esters is 1. The second-order valence-electron chi connectivity index (χ2n) is 5.19. The van der Waals surface area contributed by atoms with Crippen molar-refractivity contribution in [3.05, 3.63) is 36.7 Å². The van der Waals surface area contributed by atoms with Gasteiger partial charge in [0.25, 0.3) is 0 Å². The van der Waals surface area contributed by atoms with E-state index in [0.29, 0.717) is 30.4 Å². The Morgan fingerprint density at radius 3 is 2.30 bits per heavy atom. The van der Waals surface area contributed by atoms with Crippen LogP contribution in [0.15, 0.2) is 36.7 Å². The molecule has 0 aliphatic carbocycles. The molecule has 2 rings (SSSR count). The molecule has 0 fully saturated rings. The third kappa shape index (κ3) is 5.36. The fourth-order valence-electron chi connectivity index (χ4n) is 1.94. The lowest BCUT2D eigenvalue weighted by Crippen LogP contribution is -2.07. The van der Waals surface area contributed by atoms with Gasteiger partial charge in [-0.05, 0) is 37.1 Å². The topological polar surface area (TPSA) is 61.3 Å². The first-order valence-corrected chi connectivity index (χ1v) is 7.99. The maximum atomic E-state index is 11.6. The van der Waals surface area contributed by atoms with Crippen LogP contribution in [0, 0.1) is 0 Å². The first-order chi connectivity index (χ1) is 11.2. The van der Waals surface area contributed by atoms with Gasteiger partial charge in [-0.1, -0.05) is 20.3 Å². The molecule has 0 aliphatic rings. The van der Waals surface area contributed by atoms with Crippen molar-refractivity contribution in [2.75, 3.05) is 6.61 Å². The summed E-state index contributed by atoms with van der Waals surface area (Å²) in [5.74, 6) is 1.61. The zero-order valence-electron chi connectivity index (χ0n) is 13.6. The lowest BCUT2D eigenvalue weighted by molar-refractivity contribution is -0.134. The predicted octanol–water partition coefficient (Wildman–Crippen LogP) is 4.03. The normalized spacial score (nSPS) is 10.3. The molecule has 0 radical (unpaired) electrons. The maximum Gasteiger partial charge on any atom is 0.311 e. The van der Waals surface area contributed by atoms with Crippen molar-refractivity contribution in [1.82, 2.24) is 9.97 Å². The van der Waals surface area contributed by atoms with Gasteiger partial charge >= 0.3 is 5.97 Å². The molecule has 5 heteroatoms. The van der Waals surface area contributed by atoms with E-state index in [2.05, 4.69) is 9.97 Å². The minimum Gasteiger partial charge on any atom is -0.490 e. The minimum absolute atomic E-state index is 0.201. The summed E-state index contributed by atoms with van der Waals surface area (Å²) in [6.07, 6.45) is 6.54. The van der Waals surface area contributed by atoms with Gasteiger partial charge in [-0.3, -0.25) is 4.79 Å². The quantitative estimate of drug-likeness (QED) is 0.544. The minimum atomic E-state index is -0.201. The van der Waals surface area contributed by atoms with Crippen LogP contribution < -0.4 is 9.47 Å². The molecule has 0 amide bonds. The second kappa shape index (κ2) is 8.88. The van der Waals surface area contributed by atoms with Crippen LogP contribution in [-0.4, -0.2) is 22.5 Å². The van der Waals surface area contributed by atoms with Crippen LogP contribution in [0.25, 0.3) is 11.4 Å². The third-order valence-electron chi connectivity index (χ3n) is 3.18. The van der Waals surface area contributed by atoms with Gasteiger partial charge in [0.1, 0.15) is 5.75 Å². The van der Waals surface area contributed by atoms with Gasteiger partial charge in [0, 0.05) is 12.0 Å². The number of hydrogen-bond acceptors (Lipinski definition) is 5. The van der Waals surface area contributed by atoms with E-state index in [9.17, 15) is 4.79 Å². The van der Waals surface area contributed by atoms with Gasteiger partial charge in [-0.25, -0.2) is 9.97 Å². The molecule has 0 N–H and O–H groups in total. The van der Waals surface area contributed by atoms with Crippen LogP contribution in [-0.2, 0) is 4.79 Å². The molecule has 5 nitrogen and oxygen atoms in total. The monoisotopic (exact) mass is 314 g/mol. The molecule has 0 aliphatic heterocycles. The summed E-state index contributed by atoms with van der Waals surface area (Å²) in [4.78, 5) is 20.2. The number of aromatic nitrogens is 2. The Kier molecular flexibility index (Phi) is 6.54. The highest BCUT2D eigenvalue weighted by Crippen LogP contribution is 2.20. The van der Waals surface area contributed by atoms with E-state index >= 15 is 0 Å². The van der Waals surface area contributed by atoms with Crippen molar-refractivity contribution in [2.45, 2.75) is 39.5 Å². The molecule has 0 unspecified atom stereocenters. The number of benzene rings is 1. The van der Waals surface area contributed by atoms with E-state index in [0.717, 1.165) is 24.8 Å². The smallest absolute Gasteiger partial charge is 0.311 e. The number of carbonyl (C=O) groups is 1. The summed E-state index contributed by atoms with van der Waals surface area (Å²) in [5, 5.41) is 0. The number of rotatable bonds is 8. The fraction of sp³-hybridized carbons (Fsp3) is 0.389. The van der Waals surface area contributed by atoms with Crippen molar-refractivity contribution in [3.63, 3.8) is 0 Å². The molecule has 23 heavy (non-hydrogen) atoms. The molecule has 0 atom stereocenters. The molecule has 1 heterocycles. The van der Waals surface area contributed by atoms with Gasteiger partial charge in [-0.2, -0.15) is 0 Å². The first-order valence-electron chi connectivity index (χ1n) is 7.99. The molecule has 0 saturated heterocycles. The van der Waals surface area contributed by atoms with E-state index in [1.54, 1.807) is 24.5 Å². The number of hydrogen-bond donors (Lipinski definition) is 0. The standard InChI is InChI=1S/C18H22N2O3/c1-3-5-6-17(21)23-15-9-7-14(8-10-15)18-19-12-16(13-20-18)22-11-4-2/h7-10,12-13H,3-6,11H2,1-2H3. The molecular formula is C18H22N2O3.